The fraction of sp³-hybridized carbons (Fsp3) is 0.556. The lowest BCUT2D eigenvalue weighted by molar-refractivity contribution is -0.122. The molecule has 1 aliphatic heterocycles. The van der Waals surface area contributed by atoms with Crippen LogP contribution in [0, 0.1) is 0 Å². The molecule has 1 fully saturated rings. The van der Waals surface area contributed by atoms with Gasteiger partial charge < -0.3 is 10.1 Å². The Bertz CT molecular complexity index is 240. The third-order valence-corrected chi connectivity index (χ3v) is 1.83. The van der Waals surface area contributed by atoms with Gasteiger partial charge >= 0.3 is 6.09 Å². The van der Waals surface area contributed by atoms with Crippen molar-refractivity contribution < 1.29 is 14.3 Å². The van der Waals surface area contributed by atoms with E-state index in [9.17, 15) is 9.59 Å². The first kappa shape index (κ1) is 10.6. The molecule has 0 spiro atoms. The van der Waals surface area contributed by atoms with E-state index in [-0.39, 0.29) is 12.5 Å². The third-order valence-electron chi connectivity index (χ3n) is 1.83. The molecule has 78 valence electrons. The molecule has 0 radical (unpaired) electrons. The molecule has 5 nitrogen and oxygen atoms in total. The van der Waals surface area contributed by atoms with Gasteiger partial charge in [0.15, 0.2) is 0 Å². The predicted octanol–water partition coefficient (Wildman–Crippen LogP) is 0.131. The molecular weight excluding hydrogens is 184 g/mol. The summed E-state index contributed by atoms with van der Waals surface area (Å²) in [6.07, 6.45) is 1.96. The van der Waals surface area contributed by atoms with Crippen molar-refractivity contribution in [2.75, 3.05) is 26.2 Å². The topological polar surface area (TPSA) is 58.6 Å². The quantitative estimate of drug-likeness (QED) is 0.653. The van der Waals surface area contributed by atoms with Crippen LogP contribution in [0.25, 0.3) is 0 Å². The first-order valence-electron chi connectivity index (χ1n) is 4.53. The van der Waals surface area contributed by atoms with Crippen LogP contribution in [-0.4, -0.2) is 43.1 Å². The number of carbonyl (C=O) groups excluding carboxylic acids is 2. The molecule has 1 saturated heterocycles. The van der Waals surface area contributed by atoms with Crippen molar-refractivity contribution in [3.63, 3.8) is 0 Å². The molecule has 0 unspecified atom stereocenters. The molecule has 14 heavy (non-hydrogen) atoms. The molecule has 1 rings (SSSR count). The fourth-order valence-corrected chi connectivity index (χ4v) is 1.16. The van der Waals surface area contributed by atoms with Crippen LogP contribution in [0.15, 0.2) is 12.7 Å². The van der Waals surface area contributed by atoms with E-state index in [0.29, 0.717) is 19.7 Å². The van der Waals surface area contributed by atoms with Crippen LogP contribution in [0.1, 0.15) is 6.42 Å². The van der Waals surface area contributed by atoms with Crippen LogP contribution >= 0.6 is 0 Å². The highest BCUT2D eigenvalue weighted by Crippen LogP contribution is 2.03. The number of hydrogen-bond donors (Lipinski definition) is 1. The second-order valence-electron chi connectivity index (χ2n) is 2.98. The van der Waals surface area contributed by atoms with Gasteiger partial charge in [0, 0.05) is 13.1 Å². The maximum atomic E-state index is 11.2. The van der Waals surface area contributed by atoms with Gasteiger partial charge in [0.1, 0.15) is 6.54 Å². The summed E-state index contributed by atoms with van der Waals surface area (Å²) in [7, 11) is 0. The molecule has 0 aromatic heterocycles. The highest BCUT2D eigenvalue weighted by Gasteiger charge is 2.21. The molecule has 0 aromatic carbocycles. The predicted molar refractivity (Wildman–Crippen MR) is 50.7 cm³/mol. The van der Waals surface area contributed by atoms with Gasteiger partial charge in [-0.2, -0.15) is 0 Å². The van der Waals surface area contributed by atoms with Gasteiger partial charge in [0.25, 0.3) is 0 Å². The first-order valence-corrected chi connectivity index (χ1v) is 4.53. The zero-order valence-electron chi connectivity index (χ0n) is 7.99. The maximum Gasteiger partial charge on any atom is 0.410 e. The lowest BCUT2D eigenvalue weighted by Crippen LogP contribution is -2.44. The number of cyclic esters (lactones) is 1. The van der Waals surface area contributed by atoms with Crippen molar-refractivity contribution in [3.05, 3.63) is 12.7 Å². The number of hydrogen-bond acceptors (Lipinski definition) is 3. The Balaban J connectivity index is 2.30. The summed E-state index contributed by atoms with van der Waals surface area (Å²) in [6, 6.07) is 0. The molecule has 0 aromatic rings. The average molecular weight is 198 g/mol. The summed E-state index contributed by atoms with van der Waals surface area (Å²) < 4.78 is 4.78. The molecule has 0 atom stereocenters. The standard InChI is InChI=1S/C9H14N2O3/c1-2-4-10-8(12)7-11-5-3-6-14-9(11)13/h2H,1,3-7H2,(H,10,12). The van der Waals surface area contributed by atoms with Crippen LogP contribution < -0.4 is 5.32 Å². The van der Waals surface area contributed by atoms with E-state index < -0.39 is 6.09 Å². The van der Waals surface area contributed by atoms with Crippen LogP contribution in [0.4, 0.5) is 4.79 Å². The Kier molecular flexibility index (Phi) is 3.97. The summed E-state index contributed by atoms with van der Waals surface area (Å²) in [5.41, 5.74) is 0. The van der Waals surface area contributed by atoms with Crippen molar-refractivity contribution >= 4 is 12.0 Å². The highest BCUT2D eigenvalue weighted by atomic mass is 16.6. The number of nitrogens with one attached hydrogen (secondary N) is 1. The molecule has 1 aliphatic rings. The number of nitrogens with zero attached hydrogens (tertiary/aromatic N) is 1. The molecule has 0 saturated carbocycles. The largest absolute Gasteiger partial charge is 0.449 e. The summed E-state index contributed by atoms with van der Waals surface area (Å²) in [4.78, 5) is 23.7. The lowest BCUT2D eigenvalue weighted by Gasteiger charge is -2.25. The third kappa shape index (κ3) is 3.08. The highest BCUT2D eigenvalue weighted by molar-refractivity contribution is 5.82. The van der Waals surface area contributed by atoms with Crippen molar-refractivity contribution in [1.82, 2.24) is 10.2 Å². The number of carbonyl (C=O) groups is 2. The van der Waals surface area contributed by atoms with Crippen molar-refractivity contribution in [3.8, 4) is 0 Å². The van der Waals surface area contributed by atoms with Gasteiger partial charge in [-0.1, -0.05) is 6.08 Å². The van der Waals surface area contributed by atoms with Gasteiger partial charge in [0.05, 0.1) is 6.61 Å². The zero-order chi connectivity index (χ0) is 10.4. The maximum absolute atomic E-state index is 11.2. The Labute approximate surface area is 82.7 Å². The van der Waals surface area contributed by atoms with Crippen LogP contribution in [0.5, 0.6) is 0 Å². The molecule has 1 N–H and O–H groups in total. The van der Waals surface area contributed by atoms with Gasteiger partial charge in [0.2, 0.25) is 5.91 Å². The molecule has 2 amide bonds. The van der Waals surface area contributed by atoms with Crippen LogP contribution in [0.2, 0.25) is 0 Å². The SMILES string of the molecule is C=CCNC(=O)CN1CCCOC1=O. The number of rotatable bonds is 4. The van der Waals surface area contributed by atoms with E-state index in [1.807, 2.05) is 0 Å². The summed E-state index contributed by atoms with van der Waals surface area (Å²) in [5.74, 6) is -0.191. The molecule has 0 aliphatic carbocycles. The van der Waals surface area contributed by atoms with Crippen molar-refractivity contribution in [2.24, 2.45) is 0 Å². The Morgan fingerprint density at radius 1 is 1.71 bits per heavy atom. The lowest BCUT2D eigenvalue weighted by atomic mass is 10.3. The van der Waals surface area contributed by atoms with Crippen LogP contribution in [-0.2, 0) is 9.53 Å². The minimum absolute atomic E-state index is 0.0622. The van der Waals surface area contributed by atoms with E-state index in [4.69, 9.17) is 4.74 Å². The summed E-state index contributed by atoms with van der Waals surface area (Å²) >= 11 is 0. The second kappa shape index (κ2) is 5.26. The Morgan fingerprint density at radius 2 is 2.50 bits per heavy atom. The normalized spacial score (nSPS) is 16.0. The van der Waals surface area contributed by atoms with Gasteiger partial charge in [-0.3, -0.25) is 9.69 Å². The van der Waals surface area contributed by atoms with Gasteiger partial charge in [-0.25, -0.2) is 4.79 Å². The zero-order valence-corrected chi connectivity index (χ0v) is 7.99. The van der Waals surface area contributed by atoms with Crippen LogP contribution in [0.3, 0.4) is 0 Å². The van der Waals surface area contributed by atoms with Gasteiger partial charge in [-0.15, -0.1) is 6.58 Å². The monoisotopic (exact) mass is 198 g/mol. The van der Waals surface area contributed by atoms with Crippen molar-refractivity contribution in [1.29, 1.82) is 0 Å². The minimum Gasteiger partial charge on any atom is -0.449 e. The second-order valence-corrected chi connectivity index (χ2v) is 2.98. The first-order chi connectivity index (χ1) is 6.74. The Hall–Kier alpha value is -1.52. The Morgan fingerprint density at radius 3 is 3.14 bits per heavy atom. The van der Waals surface area contributed by atoms with E-state index in [1.165, 1.54) is 4.90 Å². The molecular formula is C9H14N2O3. The fourth-order valence-electron chi connectivity index (χ4n) is 1.16. The van der Waals surface area contributed by atoms with E-state index in [1.54, 1.807) is 6.08 Å². The molecule has 0 bridgehead atoms. The number of ether oxygens (including phenoxy) is 1. The smallest absolute Gasteiger partial charge is 0.410 e. The van der Waals surface area contributed by atoms with E-state index in [0.717, 1.165) is 6.42 Å². The molecule has 5 heteroatoms. The number of amides is 2. The summed E-state index contributed by atoms with van der Waals surface area (Å²) in [6.45, 7) is 4.99. The summed E-state index contributed by atoms with van der Waals surface area (Å²) in [5, 5.41) is 2.59. The average Bonchev–Trinajstić information content (AvgIpc) is 2.18. The molecule has 1 heterocycles. The van der Waals surface area contributed by atoms with Crippen molar-refractivity contribution in [2.45, 2.75) is 6.42 Å². The van der Waals surface area contributed by atoms with E-state index in [2.05, 4.69) is 11.9 Å². The van der Waals surface area contributed by atoms with Gasteiger partial charge in [-0.05, 0) is 6.42 Å². The minimum atomic E-state index is -0.412. The van der Waals surface area contributed by atoms with E-state index >= 15 is 0 Å².